The predicted octanol–water partition coefficient (Wildman–Crippen LogP) is 2.86. The molecule has 1 aliphatic heterocycles. The van der Waals surface area contributed by atoms with E-state index in [9.17, 15) is 4.79 Å². The van der Waals surface area contributed by atoms with Crippen LogP contribution in [0, 0.1) is 0 Å². The Balaban J connectivity index is 2.18. The van der Waals surface area contributed by atoms with E-state index in [1.807, 2.05) is 43.3 Å². The van der Waals surface area contributed by atoms with E-state index in [1.54, 1.807) is 0 Å². The van der Waals surface area contributed by atoms with Gasteiger partial charge in [0.05, 0.1) is 12.2 Å². The van der Waals surface area contributed by atoms with Gasteiger partial charge in [0.15, 0.2) is 0 Å². The Hall–Kier alpha value is -2.17. The highest BCUT2D eigenvalue weighted by Gasteiger charge is 2.29. The zero-order chi connectivity index (χ0) is 13.2. The highest BCUT2D eigenvalue weighted by atomic mass is 16.4. The van der Waals surface area contributed by atoms with Gasteiger partial charge in [-0.3, -0.25) is 0 Å². The number of nitrogens with zero attached hydrogens (tertiary/aromatic N) is 3. The smallest absolute Gasteiger partial charge is 0.407 e. The fourth-order valence-corrected chi connectivity index (χ4v) is 1.85. The van der Waals surface area contributed by atoms with Crippen molar-refractivity contribution in [2.24, 2.45) is 10.2 Å². The molecule has 2 rings (SSSR count). The lowest BCUT2D eigenvalue weighted by Gasteiger charge is -2.16. The molecule has 1 aliphatic rings. The number of carbonyl (C=O) groups is 1. The first-order valence-corrected chi connectivity index (χ1v) is 5.65. The van der Waals surface area contributed by atoms with Crippen molar-refractivity contribution in [1.29, 1.82) is 0 Å². The molecule has 1 aromatic carbocycles. The van der Waals surface area contributed by atoms with E-state index < -0.39 is 11.6 Å². The number of likely N-dealkylation sites (N-methyl/N-ethyl adjacent to an activating group) is 1. The van der Waals surface area contributed by atoms with Gasteiger partial charge in [-0.2, -0.15) is 10.2 Å². The molecule has 0 spiro atoms. The minimum Gasteiger partial charge on any atom is -0.465 e. The summed E-state index contributed by atoms with van der Waals surface area (Å²) < 4.78 is 0. The van der Waals surface area contributed by atoms with Crippen LogP contribution in [-0.2, 0) is 5.54 Å². The molecule has 0 aromatic heterocycles. The van der Waals surface area contributed by atoms with Crippen LogP contribution in [0.3, 0.4) is 0 Å². The third-order valence-electron chi connectivity index (χ3n) is 2.92. The number of azo groups is 1. The molecular formula is C13H15N3O2. The summed E-state index contributed by atoms with van der Waals surface area (Å²) >= 11 is 0. The molecule has 1 unspecified atom stereocenters. The van der Waals surface area contributed by atoms with Gasteiger partial charge in [-0.25, -0.2) is 4.79 Å². The van der Waals surface area contributed by atoms with Crippen LogP contribution in [0.15, 0.2) is 52.3 Å². The average Bonchev–Trinajstić information content (AvgIpc) is 2.73. The van der Waals surface area contributed by atoms with Crippen molar-refractivity contribution in [3.8, 4) is 0 Å². The van der Waals surface area contributed by atoms with Gasteiger partial charge in [-0.1, -0.05) is 30.3 Å². The van der Waals surface area contributed by atoms with Crippen LogP contribution in [0.2, 0.25) is 0 Å². The van der Waals surface area contributed by atoms with Crippen LogP contribution in [0.1, 0.15) is 12.5 Å². The monoisotopic (exact) mass is 245 g/mol. The Labute approximate surface area is 105 Å². The number of carboxylic acid groups (broad SMARTS) is 1. The summed E-state index contributed by atoms with van der Waals surface area (Å²) in [4.78, 5) is 11.9. The Morgan fingerprint density at radius 3 is 2.67 bits per heavy atom. The molecule has 0 saturated heterocycles. The van der Waals surface area contributed by atoms with Gasteiger partial charge in [0.2, 0.25) is 0 Å². The van der Waals surface area contributed by atoms with E-state index in [0.29, 0.717) is 5.70 Å². The fraction of sp³-hybridized carbons (Fsp3) is 0.308. The predicted molar refractivity (Wildman–Crippen MR) is 67.4 cm³/mol. The second-order valence-electron chi connectivity index (χ2n) is 4.49. The first-order chi connectivity index (χ1) is 8.51. The molecule has 0 aliphatic carbocycles. The maximum absolute atomic E-state index is 10.7. The van der Waals surface area contributed by atoms with Crippen molar-refractivity contribution in [2.45, 2.75) is 12.5 Å². The second-order valence-corrected chi connectivity index (χ2v) is 4.49. The van der Waals surface area contributed by atoms with Crippen LogP contribution in [-0.4, -0.2) is 29.7 Å². The molecule has 0 fully saturated rings. The molecule has 1 atom stereocenters. The Morgan fingerprint density at radius 1 is 1.39 bits per heavy atom. The summed E-state index contributed by atoms with van der Waals surface area (Å²) in [6, 6.07) is 9.82. The zero-order valence-corrected chi connectivity index (χ0v) is 10.4. The summed E-state index contributed by atoms with van der Waals surface area (Å²) in [5.74, 6) is 0. The van der Waals surface area contributed by atoms with Crippen molar-refractivity contribution in [3.05, 3.63) is 47.7 Å². The lowest BCUT2D eigenvalue weighted by Crippen LogP contribution is -2.26. The van der Waals surface area contributed by atoms with Crippen LogP contribution < -0.4 is 0 Å². The van der Waals surface area contributed by atoms with Gasteiger partial charge in [0.25, 0.3) is 0 Å². The van der Waals surface area contributed by atoms with Crippen LogP contribution in [0.5, 0.6) is 0 Å². The molecule has 18 heavy (non-hydrogen) atoms. The molecule has 94 valence electrons. The summed E-state index contributed by atoms with van der Waals surface area (Å²) in [5.41, 5.74) is 1.23. The summed E-state index contributed by atoms with van der Waals surface area (Å²) in [6.45, 7) is 2.21. The lowest BCUT2D eigenvalue weighted by atomic mass is 9.93. The van der Waals surface area contributed by atoms with Gasteiger partial charge in [0, 0.05) is 7.05 Å². The van der Waals surface area contributed by atoms with Crippen molar-refractivity contribution in [1.82, 2.24) is 4.90 Å². The van der Waals surface area contributed by atoms with Gasteiger partial charge < -0.3 is 10.0 Å². The highest BCUT2D eigenvalue weighted by molar-refractivity contribution is 5.64. The molecular weight excluding hydrogens is 230 g/mol. The minimum absolute atomic E-state index is 0.251. The highest BCUT2D eigenvalue weighted by Crippen LogP contribution is 2.33. The molecule has 0 saturated carbocycles. The molecule has 1 amide bonds. The van der Waals surface area contributed by atoms with Crippen molar-refractivity contribution in [2.75, 3.05) is 13.6 Å². The van der Waals surface area contributed by atoms with Crippen molar-refractivity contribution < 1.29 is 9.90 Å². The summed E-state index contributed by atoms with van der Waals surface area (Å²) in [6.07, 6.45) is 0.932. The van der Waals surface area contributed by atoms with E-state index in [4.69, 9.17) is 5.11 Å². The van der Waals surface area contributed by atoms with Crippen LogP contribution in [0.4, 0.5) is 4.79 Å². The lowest BCUT2D eigenvalue weighted by molar-refractivity contribution is 0.159. The first-order valence-electron chi connectivity index (χ1n) is 5.65. The van der Waals surface area contributed by atoms with Crippen molar-refractivity contribution in [3.63, 3.8) is 0 Å². The Kier molecular flexibility index (Phi) is 3.14. The van der Waals surface area contributed by atoms with Gasteiger partial charge >= 0.3 is 6.09 Å². The maximum Gasteiger partial charge on any atom is 0.407 e. The molecule has 1 heterocycles. The SMILES string of the molecule is CN(CC1=CC(C)(c2ccccc2)N=N1)C(=O)O. The van der Waals surface area contributed by atoms with Gasteiger partial charge in [-0.05, 0) is 18.6 Å². The topological polar surface area (TPSA) is 65.3 Å². The Bertz CT molecular complexity index is 510. The Morgan fingerprint density at radius 2 is 2.06 bits per heavy atom. The molecule has 0 bridgehead atoms. The third kappa shape index (κ3) is 2.40. The summed E-state index contributed by atoms with van der Waals surface area (Å²) in [7, 11) is 1.51. The van der Waals surface area contributed by atoms with E-state index in [2.05, 4.69) is 10.2 Å². The summed E-state index contributed by atoms with van der Waals surface area (Å²) in [5, 5.41) is 17.1. The zero-order valence-electron chi connectivity index (χ0n) is 10.4. The van der Waals surface area contributed by atoms with E-state index in [1.165, 1.54) is 11.9 Å². The second kappa shape index (κ2) is 4.60. The quantitative estimate of drug-likeness (QED) is 0.889. The number of rotatable bonds is 3. The molecule has 1 N–H and O–H groups in total. The molecule has 0 radical (unpaired) electrons. The molecule has 5 heteroatoms. The van der Waals surface area contributed by atoms with E-state index in [-0.39, 0.29) is 6.54 Å². The standard InChI is InChI=1S/C13H15N3O2/c1-13(10-6-4-3-5-7-10)8-11(14-15-13)9-16(2)12(17)18/h3-8H,9H2,1-2H3,(H,17,18). The minimum atomic E-state index is -0.973. The van der Waals surface area contributed by atoms with Gasteiger partial charge in [0.1, 0.15) is 5.54 Å². The van der Waals surface area contributed by atoms with E-state index >= 15 is 0 Å². The van der Waals surface area contributed by atoms with Crippen LogP contribution >= 0.6 is 0 Å². The number of hydrogen-bond donors (Lipinski definition) is 1. The molecule has 1 aromatic rings. The van der Waals surface area contributed by atoms with Crippen LogP contribution in [0.25, 0.3) is 0 Å². The fourth-order valence-electron chi connectivity index (χ4n) is 1.85. The average molecular weight is 245 g/mol. The largest absolute Gasteiger partial charge is 0.465 e. The third-order valence-corrected chi connectivity index (χ3v) is 2.92. The maximum atomic E-state index is 10.7. The molecule has 5 nitrogen and oxygen atoms in total. The first kappa shape index (κ1) is 12.3. The normalized spacial score (nSPS) is 21.8. The van der Waals surface area contributed by atoms with Gasteiger partial charge in [-0.15, -0.1) is 0 Å². The van der Waals surface area contributed by atoms with E-state index in [0.717, 1.165) is 5.56 Å². The number of benzene rings is 1. The number of hydrogen-bond acceptors (Lipinski definition) is 3. The number of amides is 1. The van der Waals surface area contributed by atoms with Crippen molar-refractivity contribution >= 4 is 6.09 Å².